The van der Waals surface area contributed by atoms with Crippen molar-refractivity contribution in [1.82, 2.24) is 15.0 Å². The average Bonchev–Trinajstić information content (AvgIpc) is 2.42. The molecular weight excluding hydrogens is 270 g/mol. The Morgan fingerprint density at radius 1 is 1.11 bits per heavy atom. The second-order valence-electron chi connectivity index (χ2n) is 4.25. The van der Waals surface area contributed by atoms with Gasteiger partial charge in [-0.2, -0.15) is 15.0 Å². The number of nitrogens with one attached hydrogen (secondary N) is 2. The molecule has 0 saturated carbocycles. The van der Waals surface area contributed by atoms with Gasteiger partial charge < -0.3 is 20.8 Å². The van der Waals surface area contributed by atoms with Crippen LogP contribution in [-0.4, -0.2) is 50.5 Å². The van der Waals surface area contributed by atoms with Crippen LogP contribution in [0.25, 0.3) is 0 Å². The highest BCUT2D eigenvalue weighted by molar-refractivity contribution is 6.28. The lowest BCUT2D eigenvalue weighted by Crippen LogP contribution is -2.45. The maximum Gasteiger partial charge on any atom is 0.229 e. The molecular formula is C11H20ClN5O2. The molecule has 4 N–H and O–H groups in total. The third kappa shape index (κ3) is 4.45. The van der Waals surface area contributed by atoms with Crippen molar-refractivity contribution in [1.29, 1.82) is 0 Å². The van der Waals surface area contributed by atoms with Crippen LogP contribution in [0.1, 0.15) is 26.7 Å². The van der Waals surface area contributed by atoms with Crippen LogP contribution in [0.5, 0.6) is 0 Å². The molecule has 0 atom stereocenters. The van der Waals surface area contributed by atoms with E-state index >= 15 is 0 Å². The fourth-order valence-corrected chi connectivity index (χ4v) is 1.56. The highest BCUT2D eigenvalue weighted by atomic mass is 35.5. The van der Waals surface area contributed by atoms with Crippen molar-refractivity contribution < 1.29 is 10.2 Å². The van der Waals surface area contributed by atoms with Gasteiger partial charge in [-0.1, -0.05) is 13.8 Å². The minimum atomic E-state index is -0.868. The standard InChI is InChI=1S/C11H20ClN5O2/c1-3-5-13-9-14-8(12)15-10(16-9)17-11(4-2,6-18)7-19/h18-19H,3-7H2,1-2H3,(H2,13,14,15,16,17). The number of aliphatic hydroxyl groups excluding tert-OH is 2. The van der Waals surface area contributed by atoms with Crippen LogP contribution in [0.2, 0.25) is 5.28 Å². The lowest BCUT2D eigenvalue weighted by Gasteiger charge is -2.29. The van der Waals surface area contributed by atoms with Crippen molar-refractivity contribution in [3.8, 4) is 0 Å². The van der Waals surface area contributed by atoms with Crippen LogP contribution in [0, 0.1) is 0 Å². The molecule has 0 saturated heterocycles. The topological polar surface area (TPSA) is 103 Å². The molecule has 7 nitrogen and oxygen atoms in total. The van der Waals surface area contributed by atoms with E-state index < -0.39 is 5.54 Å². The number of hydrogen-bond acceptors (Lipinski definition) is 7. The third-order valence-electron chi connectivity index (χ3n) is 2.80. The molecule has 0 unspecified atom stereocenters. The Labute approximate surface area is 117 Å². The van der Waals surface area contributed by atoms with Gasteiger partial charge in [-0.15, -0.1) is 0 Å². The van der Waals surface area contributed by atoms with Gasteiger partial charge in [0.1, 0.15) is 0 Å². The van der Waals surface area contributed by atoms with E-state index in [1.807, 2.05) is 13.8 Å². The smallest absolute Gasteiger partial charge is 0.229 e. The van der Waals surface area contributed by atoms with E-state index in [4.69, 9.17) is 11.6 Å². The second kappa shape index (κ2) is 7.42. The van der Waals surface area contributed by atoms with Gasteiger partial charge >= 0.3 is 0 Å². The molecule has 0 bridgehead atoms. The molecule has 108 valence electrons. The summed E-state index contributed by atoms with van der Waals surface area (Å²) in [5.41, 5.74) is -0.868. The van der Waals surface area contributed by atoms with E-state index in [9.17, 15) is 10.2 Å². The number of aliphatic hydroxyl groups is 2. The Kier molecular flexibility index (Phi) is 6.20. The maximum atomic E-state index is 9.38. The van der Waals surface area contributed by atoms with E-state index in [2.05, 4.69) is 25.6 Å². The lowest BCUT2D eigenvalue weighted by atomic mass is 9.99. The summed E-state index contributed by atoms with van der Waals surface area (Å²) in [4.78, 5) is 12.0. The monoisotopic (exact) mass is 289 g/mol. The van der Waals surface area contributed by atoms with E-state index in [1.54, 1.807) is 0 Å². The van der Waals surface area contributed by atoms with Crippen molar-refractivity contribution in [3.63, 3.8) is 0 Å². The number of hydrogen-bond donors (Lipinski definition) is 4. The Morgan fingerprint density at radius 3 is 2.26 bits per heavy atom. The summed E-state index contributed by atoms with van der Waals surface area (Å²) in [6.07, 6.45) is 1.44. The zero-order valence-corrected chi connectivity index (χ0v) is 11.9. The minimum absolute atomic E-state index is 0.0528. The highest BCUT2D eigenvalue weighted by Gasteiger charge is 2.27. The first-order chi connectivity index (χ1) is 9.09. The van der Waals surface area contributed by atoms with E-state index in [1.165, 1.54) is 0 Å². The number of nitrogens with zero attached hydrogens (tertiary/aromatic N) is 3. The highest BCUT2D eigenvalue weighted by Crippen LogP contribution is 2.17. The van der Waals surface area contributed by atoms with E-state index in [-0.39, 0.29) is 24.4 Å². The summed E-state index contributed by atoms with van der Waals surface area (Å²) in [5, 5.41) is 24.7. The minimum Gasteiger partial charge on any atom is -0.394 e. The Morgan fingerprint density at radius 2 is 1.74 bits per heavy atom. The molecule has 0 spiro atoms. The molecule has 0 fully saturated rings. The van der Waals surface area contributed by atoms with Crippen LogP contribution in [0.15, 0.2) is 0 Å². The van der Waals surface area contributed by atoms with E-state index in [0.717, 1.165) is 13.0 Å². The SMILES string of the molecule is CCCNc1nc(Cl)nc(NC(CC)(CO)CO)n1. The maximum absolute atomic E-state index is 9.38. The number of anilines is 2. The Hall–Kier alpha value is -1.18. The van der Waals surface area contributed by atoms with Crippen molar-refractivity contribution in [3.05, 3.63) is 5.28 Å². The summed E-state index contributed by atoms with van der Waals surface area (Å²) in [7, 11) is 0. The molecule has 1 aromatic heterocycles. The van der Waals surface area contributed by atoms with Crippen molar-refractivity contribution in [2.75, 3.05) is 30.4 Å². The van der Waals surface area contributed by atoms with Crippen molar-refractivity contribution in [2.45, 2.75) is 32.2 Å². The molecule has 1 aromatic rings. The summed E-state index contributed by atoms with van der Waals surface area (Å²) in [5.74, 6) is 0.591. The van der Waals surface area contributed by atoms with Gasteiger partial charge in [-0.05, 0) is 24.4 Å². The normalized spacial score (nSPS) is 11.4. The molecule has 0 amide bonds. The zero-order valence-electron chi connectivity index (χ0n) is 11.1. The predicted octanol–water partition coefficient (Wildman–Crippen LogP) is 0.892. The molecule has 0 aliphatic rings. The summed E-state index contributed by atoms with van der Waals surface area (Å²) >= 11 is 5.82. The van der Waals surface area contributed by atoms with Crippen LogP contribution in [0.3, 0.4) is 0 Å². The van der Waals surface area contributed by atoms with Crippen LogP contribution >= 0.6 is 11.6 Å². The van der Waals surface area contributed by atoms with Gasteiger partial charge in [0.05, 0.1) is 18.8 Å². The van der Waals surface area contributed by atoms with Gasteiger partial charge in [0.25, 0.3) is 0 Å². The average molecular weight is 290 g/mol. The zero-order chi connectivity index (χ0) is 14.3. The van der Waals surface area contributed by atoms with Crippen molar-refractivity contribution in [2.24, 2.45) is 0 Å². The summed E-state index contributed by atoms with van der Waals surface area (Å²) < 4.78 is 0. The molecule has 19 heavy (non-hydrogen) atoms. The van der Waals surface area contributed by atoms with Gasteiger partial charge in [0, 0.05) is 6.54 Å². The number of rotatable bonds is 8. The summed E-state index contributed by atoms with van der Waals surface area (Å²) in [6.45, 7) is 4.12. The number of aromatic nitrogens is 3. The fourth-order valence-electron chi connectivity index (χ4n) is 1.40. The van der Waals surface area contributed by atoms with Crippen LogP contribution in [0.4, 0.5) is 11.9 Å². The van der Waals surface area contributed by atoms with Crippen molar-refractivity contribution >= 4 is 23.5 Å². The Balaban J connectivity index is 2.90. The number of halogens is 1. The molecule has 1 rings (SSSR count). The fraction of sp³-hybridized carbons (Fsp3) is 0.727. The molecule has 1 heterocycles. The van der Waals surface area contributed by atoms with Gasteiger partial charge in [0.15, 0.2) is 0 Å². The molecule has 0 aromatic carbocycles. The molecule has 0 aliphatic heterocycles. The molecule has 8 heteroatoms. The first-order valence-electron chi connectivity index (χ1n) is 6.24. The van der Waals surface area contributed by atoms with Crippen LogP contribution in [-0.2, 0) is 0 Å². The quantitative estimate of drug-likeness (QED) is 0.563. The van der Waals surface area contributed by atoms with E-state index in [0.29, 0.717) is 12.4 Å². The third-order valence-corrected chi connectivity index (χ3v) is 2.97. The van der Waals surface area contributed by atoms with Crippen LogP contribution < -0.4 is 10.6 Å². The molecule has 0 radical (unpaired) electrons. The van der Waals surface area contributed by atoms with Gasteiger partial charge in [0.2, 0.25) is 17.2 Å². The Bertz CT molecular complexity index is 392. The second-order valence-corrected chi connectivity index (χ2v) is 4.59. The lowest BCUT2D eigenvalue weighted by molar-refractivity contribution is 0.132. The molecule has 0 aliphatic carbocycles. The van der Waals surface area contributed by atoms with Gasteiger partial charge in [-0.25, -0.2) is 0 Å². The first kappa shape index (κ1) is 15.9. The summed E-state index contributed by atoms with van der Waals surface area (Å²) in [6, 6.07) is 0. The predicted molar refractivity (Wildman–Crippen MR) is 74.4 cm³/mol. The largest absolute Gasteiger partial charge is 0.394 e. The first-order valence-corrected chi connectivity index (χ1v) is 6.62. The van der Waals surface area contributed by atoms with Gasteiger partial charge in [-0.3, -0.25) is 0 Å².